The molecule has 0 saturated heterocycles. The van der Waals surface area contributed by atoms with Crippen molar-refractivity contribution in [1.82, 2.24) is 5.32 Å². The lowest BCUT2D eigenvalue weighted by Crippen LogP contribution is -2.28. The summed E-state index contributed by atoms with van der Waals surface area (Å²) in [5, 5.41) is 2.55. The van der Waals surface area contributed by atoms with Crippen molar-refractivity contribution in [2.75, 3.05) is 14.2 Å². The monoisotopic (exact) mass is 205 g/mol. The average molecular weight is 205 g/mol. The lowest BCUT2D eigenvalue weighted by atomic mass is 10.0. The minimum absolute atomic E-state index is 0.0674. The van der Waals surface area contributed by atoms with Crippen LogP contribution in [0.5, 0.6) is 11.5 Å². The third kappa shape index (κ3) is 1.54. The quantitative estimate of drug-likeness (QED) is 0.805. The number of nitrogens with one attached hydrogen (secondary N) is 1. The number of hydrogen-bond donors (Lipinski definition) is 1. The lowest BCUT2D eigenvalue weighted by Gasteiger charge is -2.16. The molecule has 0 radical (unpaired) electrons. The third-order valence-electron chi connectivity index (χ3n) is 2.29. The van der Waals surface area contributed by atoms with Gasteiger partial charge in [0, 0.05) is 6.20 Å². The molecule has 0 aliphatic carbocycles. The first kappa shape index (κ1) is 9.58. The molecule has 0 fully saturated rings. The van der Waals surface area contributed by atoms with E-state index < -0.39 is 0 Å². The van der Waals surface area contributed by atoms with Crippen molar-refractivity contribution >= 4 is 11.5 Å². The van der Waals surface area contributed by atoms with Crippen LogP contribution < -0.4 is 14.8 Å². The van der Waals surface area contributed by atoms with Gasteiger partial charge in [-0.3, -0.25) is 4.79 Å². The fourth-order valence-corrected chi connectivity index (χ4v) is 1.42. The van der Waals surface area contributed by atoms with E-state index in [0.717, 1.165) is 5.56 Å². The van der Waals surface area contributed by atoms with Crippen LogP contribution in [0, 0.1) is 0 Å². The van der Waals surface area contributed by atoms with Crippen molar-refractivity contribution < 1.29 is 14.3 Å². The zero-order chi connectivity index (χ0) is 10.8. The van der Waals surface area contributed by atoms with Crippen LogP contribution in [-0.2, 0) is 4.79 Å². The van der Waals surface area contributed by atoms with Crippen LogP contribution in [0.3, 0.4) is 0 Å². The number of rotatable bonds is 3. The number of ether oxygens (including phenoxy) is 2. The SMILES string of the molecule is COc1ccc(C2=CNC2=O)cc1OC. The van der Waals surface area contributed by atoms with Crippen molar-refractivity contribution in [1.29, 1.82) is 0 Å². The number of methoxy groups -OCH3 is 2. The summed E-state index contributed by atoms with van der Waals surface area (Å²) in [5.74, 6) is 1.21. The average Bonchev–Trinajstić information content (AvgIpc) is 2.26. The maximum Gasteiger partial charge on any atom is 0.257 e. The number of amides is 1. The van der Waals surface area contributed by atoms with E-state index >= 15 is 0 Å². The number of carbonyl (C=O) groups is 1. The van der Waals surface area contributed by atoms with Crippen LogP contribution in [0.15, 0.2) is 24.4 Å². The van der Waals surface area contributed by atoms with Crippen LogP contribution >= 0.6 is 0 Å². The maximum absolute atomic E-state index is 11.1. The van der Waals surface area contributed by atoms with E-state index in [9.17, 15) is 4.79 Å². The van der Waals surface area contributed by atoms with Crippen molar-refractivity contribution in [3.8, 4) is 11.5 Å². The van der Waals surface area contributed by atoms with Crippen LogP contribution in [-0.4, -0.2) is 20.1 Å². The largest absolute Gasteiger partial charge is 0.493 e. The second-order valence-corrected chi connectivity index (χ2v) is 3.10. The van der Waals surface area contributed by atoms with E-state index in [1.54, 1.807) is 32.6 Å². The molecule has 4 heteroatoms. The number of benzene rings is 1. The summed E-state index contributed by atoms with van der Waals surface area (Å²) in [6, 6.07) is 5.38. The van der Waals surface area contributed by atoms with Gasteiger partial charge in [0.25, 0.3) is 5.91 Å². The second kappa shape index (κ2) is 3.65. The van der Waals surface area contributed by atoms with Gasteiger partial charge in [-0.05, 0) is 17.7 Å². The highest BCUT2D eigenvalue weighted by molar-refractivity contribution is 6.25. The van der Waals surface area contributed by atoms with Gasteiger partial charge in [-0.25, -0.2) is 0 Å². The van der Waals surface area contributed by atoms with E-state index in [2.05, 4.69) is 5.32 Å². The summed E-state index contributed by atoms with van der Waals surface area (Å²) in [6.45, 7) is 0. The highest BCUT2D eigenvalue weighted by atomic mass is 16.5. The minimum atomic E-state index is -0.0674. The van der Waals surface area contributed by atoms with Crippen molar-refractivity contribution in [2.24, 2.45) is 0 Å². The predicted octanol–water partition coefficient (Wildman–Crippen LogP) is 1.17. The van der Waals surface area contributed by atoms with Gasteiger partial charge in [0.1, 0.15) is 0 Å². The molecule has 15 heavy (non-hydrogen) atoms. The molecule has 1 aliphatic rings. The molecule has 1 N–H and O–H groups in total. The van der Waals surface area contributed by atoms with E-state index in [4.69, 9.17) is 9.47 Å². The normalized spacial score (nSPS) is 13.7. The molecular weight excluding hydrogens is 194 g/mol. The molecule has 2 rings (SSSR count). The highest BCUT2D eigenvalue weighted by Gasteiger charge is 2.19. The molecule has 1 aromatic carbocycles. The van der Waals surface area contributed by atoms with E-state index in [1.165, 1.54) is 0 Å². The lowest BCUT2D eigenvalue weighted by molar-refractivity contribution is -0.116. The second-order valence-electron chi connectivity index (χ2n) is 3.10. The first-order valence-electron chi connectivity index (χ1n) is 4.49. The molecule has 1 heterocycles. The molecule has 1 aromatic rings. The Labute approximate surface area is 87.5 Å². The van der Waals surface area contributed by atoms with Gasteiger partial charge >= 0.3 is 0 Å². The molecule has 4 nitrogen and oxygen atoms in total. The predicted molar refractivity (Wildman–Crippen MR) is 55.7 cm³/mol. The standard InChI is InChI=1S/C11H11NO3/c1-14-9-4-3-7(5-10(9)15-2)8-6-12-11(8)13/h3-6H,1-2H3,(H,12,13). The third-order valence-corrected chi connectivity index (χ3v) is 2.29. The van der Waals surface area contributed by atoms with Gasteiger partial charge in [0.2, 0.25) is 0 Å². The molecule has 1 amide bonds. The van der Waals surface area contributed by atoms with Crippen LogP contribution in [0.1, 0.15) is 5.56 Å². The Morgan fingerprint density at radius 2 is 1.87 bits per heavy atom. The van der Waals surface area contributed by atoms with Crippen molar-refractivity contribution in [2.45, 2.75) is 0 Å². The minimum Gasteiger partial charge on any atom is -0.493 e. The van der Waals surface area contributed by atoms with Crippen LogP contribution in [0.2, 0.25) is 0 Å². The molecule has 0 saturated carbocycles. The molecule has 0 unspecified atom stereocenters. The molecule has 0 bridgehead atoms. The fourth-order valence-electron chi connectivity index (χ4n) is 1.42. The van der Waals surface area contributed by atoms with Crippen molar-refractivity contribution in [3.05, 3.63) is 30.0 Å². The van der Waals surface area contributed by atoms with Crippen LogP contribution in [0.25, 0.3) is 5.57 Å². The van der Waals surface area contributed by atoms with Gasteiger partial charge in [-0.1, -0.05) is 6.07 Å². The van der Waals surface area contributed by atoms with Crippen molar-refractivity contribution in [3.63, 3.8) is 0 Å². The number of carbonyl (C=O) groups excluding carboxylic acids is 1. The Balaban J connectivity index is 2.39. The molecule has 78 valence electrons. The Kier molecular flexibility index (Phi) is 2.33. The Morgan fingerprint density at radius 1 is 1.13 bits per heavy atom. The molecule has 0 aromatic heterocycles. The van der Waals surface area contributed by atoms with E-state index in [0.29, 0.717) is 17.1 Å². The smallest absolute Gasteiger partial charge is 0.257 e. The van der Waals surface area contributed by atoms with Gasteiger partial charge in [0.05, 0.1) is 19.8 Å². The van der Waals surface area contributed by atoms with Gasteiger partial charge in [-0.2, -0.15) is 0 Å². The summed E-state index contributed by atoms with van der Waals surface area (Å²) in [6.07, 6.45) is 1.67. The Bertz CT molecular complexity index is 437. The topological polar surface area (TPSA) is 47.6 Å². The molecular formula is C11H11NO3. The molecule has 0 atom stereocenters. The van der Waals surface area contributed by atoms with E-state index in [1.807, 2.05) is 6.07 Å². The Morgan fingerprint density at radius 3 is 2.33 bits per heavy atom. The van der Waals surface area contributed by atoms with E-state index in [-0.39, 0.29) is 5.91 Å². The molecule has 1 aliphatic heterocycles. The zero-order valence-electron chi connectivity index (χ0n) is 8.53. The highest BCUT2D eigenvalue weighted by Crippen LogP contribution is 2.31. The fraction of sp³-hybridized carbons (Fsp3) is 0.182. The first-order valence-corrected chi connectivity index (χ1v) is 4.49. The summed E-state index contributed by atoms with van der Waals surface area (Å²) in [4.78, 5) is 11.1. The summed E-state index contributed by atoms with van der Waals surface area (Å²) >= 11 is 0. The summed E-state index contributed by atoms with van der Waals surface area (Å²) in [5.41, 5.74) is 1.49. The van der Waals surface area contributed by atoms with Gasteiger partial charge in [0.15, 0.2) is 11.5 Å². The zero-order valence-corrected chi connectivity index (χ0v) is 8.53. The first-order chi connectivity index (χ1) is 7.26. The number of hydrogen-bond acceptors (Lipinski definition) is 3. The Hall–Kier alpha value is -1.97. The molecule has 0 spiro atoms. The van der Waals surface area contributed by atoms with Gasteiger partial charge < -0.3 is 14.8 Å². The maximum atomic E-state index is 11.1. The summed E-state index contributed by atoms with van der Waals surface area (Å²) < 4.78 is 10.3. The van der Waals surface area contributed by atoms with Gasteiger partial charge in [-0.15, -0.1) is 0 Å². The van der Waals surface area contributed by atoms with Crippen LogP contribution in [0.4, 0.5) is 0 Å². The summed E-state index contributed by atoms with van der Waals surface area (Å²) in [7, 11) is 3.14.